The summed E-state index contributed by atoms with van der Waals surface area (Å²) in [5.41, 5.74) is 3.29. The topological polar surface area (TPSA) is 62.3 Å². The highest BCUT2D eigenvalue weighted by atomic mass is 32.1. The second-order valence-electron chi connectivity index (χ2n) is 6.30. The van der Waals surface area contributed by atoms with Crippen LogP contribution < -0.4 is 10.2 Å². The van der Waals surface area contributed by atoms with Gasteiger partial charge < -0.3 is 5.32 Å². The van der Waals surface area contributed by atoms with Crippen molar-refractivity contribution >= 4 is 28.3 Å². The molecular weight excluding hydrogens is 322 g/mol. The summed E-state index contributed by atoms with van der Waals surface area (Å²) in [7, 11) is 0. The molecule has 1 aromatic carbocycles. The molecule has 0 saturated carbocycles. The zero-order chi connectivity index (χ0) is 16.5. The second-order valence-corrected chi connectivity index (χ2v) is 7.14. The van der Waals surface area contributed by atoms with Gasteiger partial charge in [-0.25, -0.2) is 4.98 Å². The number of hydrogen-bond donors (Lipinski definition) is 1. The predicted octanol–water partition coefficient (Wildman–Crippen LogP) is 2.62. The largest absolute Gasteiger partial charge is 0.349 e. The fraction of sp³-hybridized carbons (Fsp3) is 0.389. The number of carbonyl (C=O) groups is 2. The number of carbonyl (C=O) groups excluding carboxylic acids is 2. The van der Waals surface area contributed by atoms with Crippen LogP contribution in [-0.2, 0) is 22.4 Å². The lowest BCUT2D eigenvalue weighted by Gasteiger charge is -2.13. The summed E-state index contributed by atoms with van der Waals surface area (Å²) >= 11 is 1.44. The molecule has 6 heteroatoms. The van der Waals surface area contributed by atoms with Gasteiger partial charge in [0.05, 0.1) is 18.2 Å². The van der Waals surface area contributed by atoms with E-state index < -0.39 is 0 Å². The van der Waals surface area contributed by atoms with Crippen LogP contribution in [0.5, 0.6) is 0 Å². The van der Waals surface area contributed by atoms with E-state index in [0.717, 1.165) is 31.5 Å². The lowest BCUT2D eigenvalue weighted by atomic mass is 10.1. The van der Waals surface area contributed by atoms with Crippen LogP contribution in [-0.4, -0.2) is 23.3 Å². The Morgan fingerprint density at radius 2 is 2.21 bits per heavy atom. The number of benzene rings is 1. The van der Waals surface area contributed by atoms with Crippen molar-refractivity contribution in [2.24, 2.45) is 0 Å². The number of hydrogen-bond acceptors (Lipinski definition) is 4. The molecule has 1 atom stereocenters. The summed E-state index contributed by atoms with van der Waals surface area (Å²) in [6.07, 6.45) is 3.71. The van der Waals surface area contributed by atoms with Crippen molar-refractivity contribution < 1.29 is 9.59 Å². The van der Waals surface area contributed by atoms with Crippen LogP contribution in [0.25, 0.3) is 0 Å². The molecule has 0 radical (unpaired) electrons. The van der Waals surface area contributed by atoms with Crippen LogP contribution in [0.15, 0.2) is 29.6 Å². The third kappa shape index (κ3) is 2.94. The Labute approximate surface area is 144 Å². The molecule has 1 aliphatic carbocycles. The van der Waals surface area contributed by atoms with Gasteiger partial charge in [-0.3, -0.25) is 14.5 Å². The second kappa shape index (κ2) is 6.36. The lowest BCUT2D eigenvalue weighted by molar-refractivity contribution is -0.121. The zero-order valence-electron chi connectivity index (χ0n) is 13.3. The van der Waals surface area contributed by atoms with Gasteiger partial charge in [-0.15, -0.1) is 11.3 Å². The van der Waals surface area contributed by atoms with Crippen molar-refractivity contribution in [3.63, 3.8) is 0 Å². The van der Waals surface area contributed by atoms with Crippen LogP contribution >= 0.6 is 11.3 Å². The minimum Gasteiger partial charge on any atom is -0.349 e. The van der Waals surface area contributed by atoms with Gasteiger partial charge in [0.25, 0.3) is 0 Å². The van der Waals surface area contributed by atoms with E-state index in [0.29, 0.717) is 11.6 Å². The van der Waals surface area contributed by atoms with Gasteiger partial charge in [0.1, 0.15) is 0 Å². The smallest absolute Gasteiger partial charge is 0.228 e. The first kappa shape index (κ1) is 15.3. The summed E-state index contributed by atoms with van der Waals surface area (Å²) < 4.78 is 0. The Morgan fingerprint density at radius 3 is 3.04 bits per heavy atom. The molecule has 1 aromatic heterocycles. The Balaban J connectivity index is 1.39. The minimum atomic E-state index is -0.0127. The summed E-state index contributed by atoms with van der Waals surface area (Å²) in [6, 6.07) is 8.38. The summed E-state index contributed by atoms with van der Waals surface area (Å²) in [4.78, 5) is 30.3. The average Bonchev–Trinajstić information content (AvgIpc) is 3.28. The maximum atomic E-state index is 12.3. The quantitative estimate of drug-likeness (QED) is 0.930. The first-order valence-corrected chi connectivity index (χ1v) is 9.20. The minimum absolute atomic E-state index is 0.0127. The molecule has 1 fully saturated rings. The van der Waals surface area contributed by atoms with Crippen molar-refractivity contribution in [3.05, 3.63) is 46.5 Å². The lowest BCUT2D eigenvalue weighted by Crippen LogP contribution is -2.28. The molecule has 2 amide bonds. The van der Waals surface area contributed by atoms with Gasteiger partial charge in [-0.2, -0.15) is 0 Å². The highest BCUT2D eigenvalue weighted by molar-refractivity contribution is 7.14. The first-order valence-electron chi connectivity index (χ1n) is 8.32. The fourth-order valence-corrected chi connectivity index (χ4v) is 4.34. The SMILES string of the molecule is O=C(Cc1csc(N2CCCC2=O)n1)NC1CCc2ccccc21. The van der Waals surface area contributed by atoms with Crippen molar-refractivity contribution in [2.75, 3.05) is 11.4 Å². The number of nitrogens with zero attached hydrogens (tertiary/aromatic N) is 2. The normalized spacial score (nSPS) is 19.6. The summed E-state index contributed by atoms with van der Waals surface area (Å²) in [6.45, 7) is 0.733. The third-order valence-corrected chi connectivity index (χ3v) is 5.57. The molecule has 124 valence electrons. The Hall–Kier alpha value is -2.21. The number of aromatic nitrogens is 1. The van der Waals surface area contributed by atoms with E-state index in [2.05, 4.69) is 22.4 Å². The summed E-state index contributed by atoms with van der Waals surface area (Å²) in [5, 5.41) is 5.71. The molecular formula is C18H19N3O2S. The first-order chi connectivity index (χ1) is 11.7. The zero-order valence-corrected chi connectivity index (χ0v) is 14.1. The Morgan fingerprint density at radius 1 is 1.33 bits per heavy atom. The standard InChI is InChI=1S/C18H19N3O2S/c22-16(20-15-8-7-12-4-1-2-5-14(12)15)10-13-11-24-18(19-13)21-9-3-6-17(21)23/h1-2,4-5,11,15H,3,6-10H2,(H,20,22). The van der Waals surface area contributed by atoms with E-state index in [1.807, 2.05) is 17.5 Å². The molecule has 0 spiro atoms. The van der Waals surface area contributed by atoms with Gasteiger partial charge in [0.2, 0.25) is 11.8 Å². The number of aryl methyl sites for hydroxylation is 1. The van der Waals surface area contributed by atoms with Crippen molar-refractivity contribution in [3.8, 4) is 0 Å². The maximum Gasteiger partial charge on any atom is 0.228 e. The number of rotatable bonds is 4. The van der Waals surface area contributed by atoms with Crippen LogP contribution in [0.4, 0.5) is 5.13 Å². The molecule has 1 aliphatic heterocycles. The number of nitrogens with one attached hydrogen (secondary N) is 1. The molecule has 1 unspecified atom stereocenters. The van der Waals surface area contributed by atoms with Crippen molar-refractivity contribution in [1.29, 1.82) is 0 Å². The van der Waals surface area contributed by atoms with Gasteiger partial charge in [-0.05, 0) is 30.4 Å². The van der Waals surface area contributed by atoms with Gasteiger partial charge in [-0.1, -0.05) is 24.3 Å². The van der Waals surface area contributed by atoms with E-state index in [9.17, 15) is 9.59 Å². The third-order valence-electron chi connectivity index (χ3n) is 4.65. The fourth-order valence-electron chi connectivity index (χ4n) is 3.47. The highest BCUT2D eigenvalue weighted by Gasteiger charge is 2.26. The molecule has 1 N–H and O–H groups in total. The maximum absolute atomic E-state index is 12.3. The number of anilines is 1. The molecule has 5 nitrogen and oxygen atoms in total. The van der Waals surface area contributed by atoms with Gasteiger partial charge in [0.15, 0.2) is 5.13 Å². The van der Waals surface area contributed by atoms with E-state index in [1.165, 1.54) is 22.5 Å². The molecule has 24 heavy (non-hydrogen) atoms. The molecule has 4 rings (SSSR count). The number of amides is 2. The molecule has 0 bridgehead atoms. The van der Waals surface area contributed by atoms with Crippen molar-refractivity contribution in [1.82, 2.24) is 10.3 Å². The predicted molar refractivity (Wildman–Crippen MR) is 93.1 cm³/mol. The van der Waals surface area contributed by atoms with Crippen LogP contribution in [0.1, 0.15) is 42.1 Å². The van der Waals surface area contributed by atoms with Gasteiger partial charge in [0, 0.05) is 18.3 Å². The average molecular weight is 341 g/mol. The molecule has 2 aliphatic rings. The van der Waals surface area contributed by atoms with E-state index in [1.54, 1.807) is 4.90 Å². The number of fused-ring (bicyclic) bond motifs is 1. The Kier molecular flexibility index (Phi) is 4.06. The summed E-state index contributed by atoms with van der Waals surface area (Å²) in [5.74, 6) is 0.115. The van der Waals surface area contributed by atoms with E-state index in [-0.39, 0.29) is 24.3 Å². The number of thiazole rings is 1. The van der Waals surface area contributed by atoms with Crippen LogP contribution in [0.2, 0.25) is 0 Å². The molecule has 2 aromatic rings. The van der Waals surface area contributed by atoms with Crippen molar-refractivity contribution in [2.45, 2.75) is 38.1 Å². The molecule has 1 saturated heterocycles. The van der Waals surface area contributed by atoms with E-state index in [4.69, 9.17) is 0 Å². The Bertz CT molecular complexity index is 786. The highest BCUT2D eigenvalue weighted by Crippen LogP contribution is 2.31. The van der Waals surface area contributed by atoms with Crippen LogP contribution in [0, 0.1) is 0 Å². The van der Waals surface area contributed by atoms with Gasteiger partial charge >= 0.3 is 0 Å². The van der Waals surface area contributed by atoms with E-state index >= 15 is 0 Å². The van der Waals surface area contributed by atoms with Crippen LogP contribution in [0.3, 0.4) is 0 Å². The monoisotopic (exact) mass is 341 g/mol. The molecule has 2 heterocycles.